The van der Waals surface area contributed by atoms with Gasteiger partial charge in [-0.05, 0) is 42.0 Å². The standard InChI is InChI=1S/C17H26N2O2S/c1-13(21)19-6-4-14(5-7-19)17-11-18(9-15(17)12-20)10-16-3-2-8-22-16/h2-3,8,14-15,17,20H,4-7,9-12H2,1H3/t15-,17-/m0/s1. The van der Waals surface area contributed by atoms with Gasteiger partial charge in [-0.25, -0.2) is 0 Å². The van der Waals surface area contributed by atoms with E-state index in [1.165, 1.54) is 4.88 Å². The van der Waals surface area contributed by atoms with Crippen LogP contribution in [0.2, 0.25) is 0 Å². The SMILES string of the molecule is CC(=O)N1CCC([C@@H]2CN(Cc3cccs3)C[C@H]2CO)CC1. The number of nitrogens with zero attached hydrogens (tertiary/aromatic N) is 2. The van der Waals surface area contributed by atoms with Crippen molar-refractivity contribution in [1.29, 1.82) is 0 Å². The maximum atomic E-state index is 11.5. The number of piperidine rings is 1. The van der Waals surface area contributed by atoms with Gasteiger partial charge in [0, 0.05) is 51.1 Å². The second-order valence-electron chi connectivity index (χ2n) is 6.72. The summed E-state index contributed by atoms with van der Waals surface area (Å²) in [7, 11) is 0. The number of aliphatic hydroxyl groups is 1. The third-order valence-electron chi connectivity index (χ3n) is 5.35. The van der Waals surface area contributed by atoms with E-state index in [0.717, 1.165) is 45.6 Å². The van der Waals surface area contributed by atoms with Crippen LogP contribution in [0.15, 0.2) is 17.5 Å². The largest absolute Gasteiger partial charge is 0.396 e. The van der Waals surface area contributed by atoms with Crippen LogP contribution in [0.4, 0.5) is 0 Å². The van der Waals surface area contributed by atoms with E-state index in [1.54, 1.807) is 6.92 Å². The molecule has 0 aromatic carbocycles. The van der Waals surface area contributed by atoms with Gasteiger partial charge in [0.1, 0.15) is 0 Å². The highest BCUT2D eigenvalue weighted by atomic mass is 32.1. The number of carbonyl (C=O) groups excluding carboxylic acids is 1. The van der Waals surface area contributed by atoms with Gasteiger partial charge in [0.25, 0.3) is 0 Å². The molecule has 0 unspecified atom stereocenters. The lowest BCUT2D eigenvalue weighted by atomic mass is 9.79. The van der Waals surface area contributed by atoms with Crippen molar-refractivity contribution >= 4 is 17.2 Å². The molecule has 2 aliphatic heterocycles. The van der Waals surface area contributed by atoms with Crippen LogP contribution in [-0.4, -0.2) is 53.6 Å². The van der Waals surface area contributed by atoms with Crippen molar-refractivity contribution in [1.82, 2.24) is 9.80 Å². The molecule has 5 heteroatoms. The highest BCUT2D eigenvalue weighted by molar-refractivity contribution is 7.09. The molecule has 1 amide bonds. The maximum Gasteiger partial charge on any atom is 0.219 e. The van der Waals surface area contributed by atoms with E-state index in [4.69, 9.17) is 0 Å². The van der Waals surface area contributed by atoms with Crippen molar-refractivity contribution in [3.63, 3.8) is 0 Å². The molecule has 0 saturated carbocycles. The van der Waals surface area contributed by atoms with Crippen LogP contribution in [0.25, 0.3) is 0 Å². The van der Waals surface area contributed by atoms with E-state index in [2.05, 4.69) is 22.4 Å². The first-order valence-corrected chi connectivity index (χ1v) is 9.16. The zero-order chi connectivity index (χ0) is 15.5. The summed E-state index contributed by atoms with van der Waals surface area (Å²) in [4.78, 5) is 17.3. The number of likely N-dealkylation sites (tertiary alicyclic amines) is 2. The summed E-state index contributed by atoms with van der Waals surface area (Å²) < 4.78 is 0. The first-order valence-electron chi connectivity index (χ1n) is 8.28. The number of hydrogen-bond acceptors (Lipinski definition) is 4. The van der Waals surface area contributed by atoms with Crippen LogP contribution in [0.5, 0.6) is 0 Å². The number of amides is 1. The summed E-state index contributed by atoms with van der Waals surface area (Å²) in [6.07, 6.45) is 2.18. The van der Waals surface area contributed by atoms with Gasteiger partial charge in [-0.1, -0.05) is 6.07 Å². The molecule has 22 heavy (non-hydrogen) atoms. The summed E-state index contributed by atoms with van der Waals surface area (Å²) in [6.45, 7) is 6.84. The minimum Gasteiger partial charge on any atom is -0.396 e. The minimum atomic E-state index is 0.197. The Balaban J connectivity index is 1.57. The van der Waals surface area contributed by atoms with Crippen LogP contribution >= 0.6 is 11.3 Å². The average molecular weight is 322 g/mol. The first-order chi connectivity index (χ1) is 10.7. The molecule has 0 bridgehead atoms. The fourth-order valence-electron chi connectivity index (χ4n) is 4.11. The molecule has 2 fully saturated rings. The Labute approximate surface area is 136 Å². The van der Waals surface area contributed by atoms with Crippen molar-refractivity contribution in [3.05, 3.63) is 22.4 Å². The van der Waals surface area contributed by atoms with Gasteiger partial charge < -0.3 is 10.0 Å². The molecule has 4 nitrogen and oxygen atoms in total. The minimum absolute atomic E-state index is 0.197. The van der Waals surface area contributed by atoms with E-state index in [0.29, 0.717) is 24.4 Å². The van der Waals surface area contributed by atoms with Gasteiger partial charge in [-0.3, -0.25) is 9.69 Å². The Morgan fingerprint density at radius 3 is 2.73 bits per heavy atom. The number of hydrogen-bond donors (Lipinski definition) is 1. The predicted octanol–water partition coefficient (Wildman–Crippen LogP) is 2.05. The Kier molecular flexibility index (Phi) is 5.16. The highest BCUT2D eigenvalue weighted by Crippen LogP contribution is 2.36. The topological polar surface area (TPSA) is 43.8 Å². The van der Waals surface area contributed by atoms with Gasteiger partial charge in [0.05, 0.1) is 0 Å². The molecular formula is C17H26N2O2S. The molecule has 1 N–H and O–H groups in total. The molecule has 2 aliphatic rings. The molecule has 1 aromatic heterocycles. The molecule has 2 saturated heterocycles. The monoisotopic (exact) mass is 322 g/mol. The fourth-order valence-corrected chi connectivity index (χ4v) is 4.86. The van der Waals surface area contributed by atoms with Crippen LogP contribution in [-0.2, 0) is 11.3 Å². The Hall–Kier alpha value is -0.910. The molecular weight excluding hydrogens is 296 g/mol. The van der Waals surface area contributed by atoms with Gasteiger partial charge in [-0.15, -0.1) is 11.3 Å². The van der Waals surface area contributed by atoms with Crippen LogP contribution in [0.1, 0.15) is 24.6 Å². The highest BCUT2D eigenvalue weighted by Gasteiger charge is 2.38. The van der Waals surface area contributed by atoms with Crippen molar-refractivity contribution in [2.24, 2.45) is 17.8 Å². The smallest absolute Gasteiger partial charge is 0.219 e. The summed E-state index contributed by atoms with van der Waals surface area (Å²) in [5.41, 5.74) is 0. The lowest BCUT2D eigenvalue weighted by Crippen LogP contribution is -2.40. The molecule has 3 heterocycles. The molecule has 0 spiro atoms. The van der Waals surface area contributed by atoms with E-state index in [9.17, 15) is 9.90 Å². The van der Waals surface area contributed by atoms with Gasteiger partial charge in [0.2, 0.25) is 5.91 Å². The van der Waals surface area contributed by atoms with Crippen LogP contribution in [0, 0.1) is 17.8 Å². The molecule has 122 valence electrons. The van der Waals surface area contributed by atoms with Gasteiger partial charge in [-0.2, -0.15) is 0 Å². The van der Waals surface area contributed by atoms with Gasteiger partial charge in [0.15, 0.2) is 0 Å². The van der Waals surface area contributed by atoms with E-state index >= 15 is 0 Å². The van der Waals surface area contributed by atoms with Crippen molar-refractivity contribution in [2.75, 3.05) is 32.8 Å². The molecule has 1 aromatic rings. The zero-order valence-corrected chi connectivity index (χ0v) is 14.1. The summed E-state index contributed by atoms with van der Waals surface area (Å²) in [6, 6.07) is 4.30. The summed E-state index contributed by atoms with van der Waals surface area (Å²) in [5.74, 6) is 1.83. The van der Waals surface area contributed by atoms with Crippen molar-refractivity contribution < 1.29 is 9.90 Å². The van der Waals surface area contributed by atoms with Gasteiger partial charge >= 0.3 is 0 Å². The second-order valence-corrected chi connectivity index (χ2v) is 7.76. The summed E-state index contributed by atoms with van der Waals surface area (Å²) in [5, 5.41) is 11.9. The Bertz CT molecular complexity index is 483. The number of thiophene rings is 1. The molecule has 0 radical (unpaired) electrons. The lowest BCUT2D eigenvalue weighted by Gasteiger charge is -2.36. The third-order valence-corrected chi connectivity index (χ3v) is 6.21. The fraction of sp³-hybridized carbons (Fsp3) is 0.706. The van der Waals surface area contributed by atoms with Crippen molar-refractivity contribution in [3.8, 4) is 0 Å². The molecule has 3 rings (SSSR count). The maximum absolute atomic E-state index is 11.5. The third kappa shape index (κ3) is 3.53. The van der Waals surface area contributed by atoms with Crippen LogP contribution < -0.4 is 0 Å². The quantitative estimate of drug-likeness (QED) is 0.923. The lowest BCUT2D eigenvalue weighted by molar-refractivity contribution is -0.130. The zero-order valence-electron chi connectivity index (χ0n) is 13.3. The second kappa shape index (κ2) is 7.11. The molecule has 2 atom stereocenters. The normalized spacial score (nSPS) is 27.5. The number of carbonyl (C=O) groups is 1. The first kappa shape index (κ1) is 16.0. The van der Waals surface area contributed by atoms with Crippen molar-refractivity contribution in [2.45, 2.75) is 26.3 Å². The number of aliphatic hydroxyl groups excluding tert-OH is 1. The summed E-state index contributed by atoms with van der Waals surface area (Å²) >= 11 is 1.81. The van der Waals surface area contributed by atoms with E-state index in [1.807, 2.05) is 16.2 Å². The average Bonchev–Trinajstić information content (AvgIpc) is 3.17. The van der Waals surface area contributed by atoms with E-state index in [-0.39, 0.29) is 5.91 Å². The number of rotatable bonds is 4. The predicted molar refractivity (Wildman–Crippen MR) is 88.6 cm³/mol. The molecule has 0 aliphatic carbocycles. The van der Waals surface area contributed by atoms with E-state index < -0.39 is 0 Å². The van der Waals surface area contributed by atoms with Crippen LogP contribution in [0.3, 0.4) is 0 Å². The Morgan fingerprint density at radius 1 is 1.36 bits per heavy atom. The Morgan fingerprint density at radius 2 is 2.14 bits per heavy atom.